The van der Waals surface area contributed by atoms with Crippen LogP contribution in [0.2, 0.25) is 0 Å². The fourth-order valence-electron chi connectivity index (χ4n) is 3.40. The molecule has 7 nitrogen and oxygen atoms in total. The number of esters is 1. The van der Waals surface area contributed by atoms with Gasteiger partial charge >= 0.3 is 5.97 Å². The van der Waals surface area contributed by atoms with Crippen molar-refractivity contribution in [3.63, 3.8) is 0 Å². The maximum atomic E-state index is 12.5. The lowest BCUT2D eigenvalue weighted by molar-refractivity contribution is -0.134. The number of carbonyl (C=O) groups is 2. The van der Waals surface area contributed by atoms with Gasteiger partial charge in [0.2, 0.25) is 0 Å². The Morgan fingerprint density at radius 1 is 0.939 bits per heavy atom. The number of hydrazone groups is 1. The molecule has 0 saturated heterocycles. The lowest BCUT2D eigenvalue weighted by Gasteiger charge is -2.13. The maximum absolute atomic E-state index is 12.5. The topological polar surface area (TPSA) is 77.4 Å². The van der Waals surface area contributed by atoms with Gasteiger partial charge in [-0.15, -0.1) is 0 Å². The fraction of sp³-hybridized carbons (Fsp3) is 0.192. The van der Waals surface area contributed by atoms with Gasteiger partial charge in [-0.25, -0.2) is 9.80 Å². The van der Waals surface area contributed by atoms with Crippen LogP contribution in [0.4, 0.5) is 0 Å². The summed E-state index contributed by atoms with van der Waals surface area (Å²) in [7, 11) is 1.50. The Bertz CT molecular complexity index is 1150. The van der Waals surface area contributed by atoms with Gasteiger partial charge in [0.25, 0.3) is 5.91 Å². The summed E-state index contributed by atoms with van der Waals surface area (Å²) in [6.07, 6.45) is 0.658. The number of nitrogens with zero attached hydrogens (tertiary/aromatic N) is 2. The zero-order chi connectivity index (χ0) is 23.0. The number of carbonyl (C=O) groups excluding carboxylic acids is 2. The fourth-order valence-corrected chi connectivity index (χ4v) is 3.40. The largest absolute Gasteiger partial charge is 0.493 e. The van der Waals surface area contributed by atoms with Crippen LogP contribution in [-0.4, -0.2) is 42.9 Å². The summed E-state index contributed by atoms with van der Waals surface area (Å²) in [6.45, 7) is 0.442. The van der Waals surface area contributed by atoms with Gasteiger partial charge in [-0.2, -0.15) is 5.10 Å². The van der Waals surface area contributed by atoms with Gasteiger partial charge in [0.1, 0.15) is 6.61 Å². The van der Waals surface area contributed by atoms with E-state index in [-0.39, 0.29) is 18.1 Å². The lowest BCUT2D eigenvalue weighted by Crippen LogP contribution is -2.28. The molecule has 168 valence electrons. The molecule has 0 atom stereocenters. The Balaban J connectivity index is 1.33. The summed E-state index contributed by atoms with van der Waals surface area (Å²) in [5, 5.41) is 5.71. The minimum atomic E-state index is -0.622. The molecule has 1 heterocycles. The van der Waals surface area contributed by atoms with Gasteiger partial charge in [-0.05, 0) is 29.3 Å². The third-order valence-corrected chi connectivity index (χ3v) is 5.16. The first-order chi connectivity index (χ1) is 16.1. The Morgan fingerprint density at radius 3 is 2.39 bits per heavy atom. The molecule has 0 saturated carbocycles. The SMILES string of the molecule is COc1cc(C(=O)OCC(=O)N2CCC(c3ccccc3)=N2)ccc1OCc1ccccc1. The first-order valence-corrected chi connectivity index (χ1v) is 10.6. The van der Waals surface area contributed by atoms with Crippen LogP contribution in [0.3, 0.4) is 0 Å². The Hall–Kier alpha value is -4.13. The number of hydrogen-bond donors (Lipinski definition) is 0. The zero-order valence-corrected chi connectivity index (χ0v) is 18.3. The van der Waals surface area contributed by atoms with Crippen molar-refractivity contribution in [3.8, 4) is 11.5 Å². The van der Waals surface area contributed by atoms with Crippen molar-refractivity contribution in [1.29, 1.82) is 0 Å². The molecule has 0 bridgehead atoms. The molecule has 0 unspecified atom stereocenters. The van der Waals surface area contributed by atoms with E-state index in [0.717, 1.165) is 16.8 Å². The number of amides is 1. The molecule has 7 heteroatoms. The maximum Gasteiger partial charge on any atom is 0.338 e. The molecule has 1 aliphatic rings. The second-order valence-corrected chi connectivity index (χ2v) is 7.40. The van der Waals surface area contributed by atoms with Crippen molar-refractivity contribution >= 4 is 17.6 Å². The van der Waals surface area contributed by atoms with E-state index < -0.39 is 5.97 Å². The van der Waals surface area contributed by atoms with Crippen LogP contribution >= 0.6 is 0 Å². The second kappa shape index (κ2) is 10.5. The van der Waals surface area contributed by atoms with Crippen molar-refractivity contribution in [2.75, 3.05) is 20.3 Å². The zero-order valence-electron chi connectivity index (χ0n) is 18.3. The van der Waals surface area contributed by atoms with Crippen LogP contribution in [0.15, 0.2) is 84.0 Å². The summed E-state index contributed by atoms with van der Waals surface area (Å²) in [4.78, 5) is 24.9. The number of ether oxygens (including phenoxy) is 3. The molecule has 1 amide bonds. The Labute approximate surface area is 192 Å². The molecule has 0 radical (unpaired) electrons. The van der Waals surface area contributed by atoms with E-state index >= 15 is 0 Å². The van der Waals surface area contributed by atoms with Gasteiger partial charge in [-0.1, -0.05) is 60.7 Å². The summed E-state index contributed by atoms with van der Waals surface area (Å²) in [5.74, 6) is -0.0797. The van der Waals surface area contributed by atoms with E-state index in [1.807, 2.05) is 60.7 Å². The highest BCUT2D eigenvalue weighted by atomic mass is 16.5. The number of hydrogen-bond acceptors (Lipinski definition) is 6. The van der Waals surface area contributed by atoms with Crippen LogP contribution in [0.1, 0.15) is 27.9 Å². The first-order valence-electron chi connectivity index (χ1n) is 10.6. The minimum Gasteiger partial charge on any atom is -0.493 e. The van der Waals surface area contributed by atoms with Crippen molar-refractivity contribution < 1.29 is 23.8 Å². The predicted octanol–water partition coefficient (Wildman–Crippen LogP) is 4.07. The van der Waals surface area contributed by atoms with E-state index in [1.165, 1.54) is 18.2 Å². The molecule has 0 aliphatic carbocycles. The summed E-state index contributed by atoms with van der Waals surface area (Å²) >= 11 is 0. The molecular weight excluding hydrogens is 420 g/mol. The van der Waals surface area contributed by atoms with Crippen LogP contribution in [-0.2, 0) is 16.1 Å². The average molecular weight is 444 g/mol. The van der Waals surface area contributed by atoms with Crippen LogP contribution in [0.25, 0.3) is 0 Å². The number of methoxy groups -OCH3 is 1. The van der Waals surface area contributed by atoms with Gasteiger partial charge in [0.05, 0.1) is 24.9 Å². The van der Waals surface area contributed by atoms with E-state index in [0.29, 0.717) is 31.1 Å². The third-order valence-electron chi connectivity index (χ3n) is 5.16. The molecule has 0 spiro atoms. The standard InChI is InChI=1S/C26H24N2O5/c1-31-24-16-21(12-13-23(24)32-17-19-8-4-2-5-9-19)26(30)33-18-25(29)28-15-14-22(27-28)20-10-6-3-7-11-20/h2-13,16H,14-15,17-18H2,1H3. The van der Waals surface area contributed by atoms with E-state index in [4.69, 9.17) is 14.2 Å². The second-order valence-electron chi connectivity index (χ2n) is 7.40. The molecule has 0 aromatic heterocycles. The molecule has 33 heavy (non-hydrogen) atoms. The van der Waals surface area contributed by atoms with E-state index in [1.54, 1.807) is 12.1 Å². The quantitative estimate of drug-likeness (QED) is 0.490. The van der Waals surface area contributed by atoms with Crippen molar-refractivity contribution in [2.45, 2.75) is 13.0 Å². The first kappa shape index (κ1) is 22.1. The van der Waals surface area contributed by atoms with Gasteiger partial charge in [0.15, 0.2) is 18.1 Å². The Kier molecular flexibility index (Phi) is 6.99. The smallest absolute Gasteiger partial charge is 0.338 e. The monoisotopic (exact) mass is 444 g/mol. The van der Waals surface area contributed by atoms with Crippen LogP contribution in [0.5, 0.6) is 11.5 Å². The van der Waals surface area contributed by atoms with E-state index in [2.05, 4.69) is 5.10 Å². The van der Waals surface area contributed by atoms with Crippen molar-refractivity contribution in [3.05, 3.63) is 95.6 Å². The summed E-state index contributed by atoms with van der Waals surface area (Å²) < 4.78 is 16.4. The minimum absolute atomic E-state index is 0.265. The van der Waals surface area contributed by atoms with Gasteiger partial charge < -0.3 is 14.2 Å². The molecule has 3 aromatic carbocycles. The molecule has 0 N–H and O–H groups in total. The lowest BCUT2D eigenvalue weighted by atomic mass is 10.1. The van der Waals surface area contributed by atoms with Crippen molar-refractivity contribution in [2.24, 2.45) is 5.10 Å². The molecule has 0 fully saturated rings. The highest BCUT2D eigenvalue weighted by Crippen LogP contribution is 2.29. The van der Waals surface area contributed by atoms with Gasteiger partial charge in [-0.3, -0.25) is 4.79 Å². The third kappa shape index (κ3) is 5.57. The molecule has 1 aliphatic heterocycles. The summed E-state index contributed by atoms with van der Waals surface area (Å²) in [6, 6.07) is 24.2. The van der Waals surface area contributed by atoms with E-state index in [9.17, 15) is 9.59 Å². The number of rotatable bonds is 8. The molecule has 3 aromatic rings. The highest BCUT2D eigenvalue weighted by Gasteiger charge is 2.23. The number of benzene rings is 3. The summed E-state index contributed by atoms with van der Waals surface area (Å²) in [5.41, 5.74) is 3.10. The van der Waals surface area contributed by atoms with Crippen LogP contribution < -0.4 is 9.47 Å². The average Bonchev–Trinajstić information content (AvgIpc) is 3.37. The van der Waals surface area contributed by atoms with Gasteiger partial charge in [0, 0.05) is 6.42 Å². The Morgan fingerprint density at radius 2 is 1.67 bits per heavy atom. The molecular formula is C26H24N2O5. The normalized spacial score (nSPS) is 12.8. The molecule has 4 rings (SSSR count). The highest BCUT2D eigenvalue weighted by molar-refractivity contribution is 6.02. The van der Waals surface area contributed by atoms with Crippen LogP contribution in [0, 0.1) is 0 Å². The predicted molar refractivity (Wildman–Crippen MR) is 123 cm³/mol. The van der Waals surface area contributed by atoms with Crippen molar-refractivity contribution in [1.82, 2.24) is 5.01 Å².